The first-order chi connectivity index (χ1) is 12.2. The fourth-order valence-corrected chi connectivity index (χ4v) is 5.29. The average Bonchev–Trinajstić information content (AvgIpc) is 3.00. The first kappa shape index (κ1) is 17.0. The van der Waals surface area contributed by atoms with Crippen molar-refractivity contribution in [2.75, 3.05) is 26.2 Å². The first-order valence-corrected chi connectivity index (χ1v) is 9.95. The Bertz CT molecular complexity index is 612. The van der Waals surface area contributed by atoms with Gasteiger partial charge in [0.1, 0.15) is 5.82 Å². The Kier molecular flexibility index (Phi) is 4.81. The van der Waals surface area contributed by atoms with Crippen LogP contribution in [0.3, 0.4) is 0 Å². The normalized spacial score (nSPS) is 29.1. The molecule has 4 rings (SSSR count). The standard InChI is InChI=1S/C21H29FN2O/c22-19-6-4-5-18(13-19)21(9-2-1-3-10-21)20(25)24-11-7-16-14-23-15-17(16)8-12-24/h4-6,13,16-17,23H,1-3,7-12,14-15H2/t16-,17+. The number of benzene rings is 1. The van der Waals surface area contributed by atoms with Crippen LogP contribution in [0.1, 0.15) is 50.5 Å². The molecule has 2 heterocycles. The van der Waals surface area contributed by atoms with E-state index in [-0.39, 0.29) is 11.7 Å². The van der Waals surface area contributed by atoms with Gasteiger partial charge in [0.15, 0.2) is 0 Å². The topological polar surface area (TPSA) is 32.3 Å². The summed E-state index contributed by atoms with van der Waals surface area (Å²) in [6.45, 7) is 3.92. The lowest BCUT2D eigenvalue weighted by Crippen LogP contribution is -2.48. The minimum Gasteiger partial charge on any atom is -0.342 e. The molecule has 4 heteroatoms. The number of nitrogens with one attached hydrogen (secondary N) is 1. The van der Waals surface area contributed by atoms with Gasteiger partial charge in [-0.25, -0.2) is 4.39 Å². The van der Waals surface area contributed by atoms with E-state index < -0.39 is 5.41 Å². The fraction of sp³-hybridized carbons (Fsp3) is 0.667. The Hall–Kier alpha value is -1.42. The number of carbonyl (C=O) groups excluding carboxylic acids is 1. The van der Waals surface area contributed by atoms with Crippen LogP contribution in [-0.2, 0) is 10.2 Å². The van der Waals surface area contributed by atoms with Crippen molar-refractivity contribution >= 4 is 5.91 Å². The summed E-state index contributed by atoms with van der Waals surface area (Å²) in [6, 6.07) is 6.79. The van der Waals surface area contributed by atoms with Crippen LogP contribution in [0.25, 0.3) is 0 Å². The van der Waals surface area contributed by atoms with E-state index in [1.165, 1.54) is 12.5 Å². The second-order valence-electron chi connectivity index (χ2n) is 8.20. The van der Waals surface area contributed by atoms with Crippen molar-refractivity contribution < 1.29 is 9.18 Å². The highest BCUT2D eigenvalue weighted by Crippen LogP contribution is 2.42. The molecule has 1 amide bonds. The Morgan fingerprint density at radius 1 is 1.08 bits per heavy atom. The number of likely N-dealkylation sites (tertiary alicyclic amines) is 1. The highest BCUT2D eigenvalue weighted by atomic mass is 19.1. The first-order valence-electron chi connectivity index (χ1n) is 9.95. The van der Waals surface area contributed by atoms with Crippen LogP contribution in [0.5, 0.6) is 0 Å². The lowest BCUT2D eigenvalue weighted by Gasteiger charge is -2.40. The predicted octanol–water partition coefficient (Wildman–Crippen LogP) is 3.49. The van der Waals surface area contributed by atoms with Crippen molar-refractivity contribution in [1.82, 2.24) is 10.2 Å². The molecule has 0 unspecified atom stereocenters. The van der Waals surface area contributed by atoms with Crippen molar-refractivity contribution in [3.63, 3.8) is 0 Å². The largest absolute Gasteiger partial charge is 0.342 e. The summed E-state index contributed by atoms with van der Waals surface area (Å²) in [7, 11) is 0. The highest BCUT2D eigenvalue weighted by molar-refractivity contribution is 5.88. The molecule has 3 nitrogen and oxygen atoms in total. The van der Waals surface area contributed by atoms with Gasteiger partial charge in [-0.05, 0) is 68.3 Å². The van der Waals surface area contributed by atoms with E-state index in [0.717, 1.165) is 70.3 Å². The van der Waals surface area contributed by atoms with Gasteiger partial charge in [0.25, 0.3) is 0 Å². The van der Waals surface area contributed by atoms with Crippen LogP contribution in [0, 0.1) is 17.7 Å². The van der Waals surface area contributed by atoms with E-state index in [0.29, 0.717) is 11.8 Å². The number of nitrogens with zero attached hydrogens (tertiary/aromatic N) is 1. The third kappa shape index (κ3) is 3.21. The fourth-order valence-electron chi connectivity index (χ4n) is 5.29. The molecule has 2 aliphatic heterocycles. The van der Waals surface area contributed by atoms with E-state index in [9.17, 15) is 9.18 Å². The van der Waals surface area contributed by atoms with E-state index >= 15 is 0 Å². The number of hydrogen-bond acceptors (Lipinski definition) is 2. The second-order valence-corrected chi connectivity index (χ2v) is 8.20. The van der Waals surface area contributed by atoms with Crippen LogP contribution < -0.4 is 5.32 Å². The molecule has 25 heavy (non-hydrogen) atoms. The van der Waals surface area contributed by atoms with Crippen molar-refractivity contribution in [2.45, 2.75) is 50.4 Å². The van der Waals surface area contributed by atoms with Gasteiger partial charge in [0.2, 0.25) is 5.91 Å². The van der Waals surface area contributed by atoms with Gasteiger partial charge in [-0.2, -0.15) is 0 Å². The average molecular weight is 344 g/mol. The second kappa shape index (κ2) is 7.06. The van der Waals surface area contributed by atoms with Crippen molar-refractivity contribution in [2.24, 2.45) is 11.8 Å². The van der Waals surface area contributed by atoms with Crippen molar-refractivity contribution in [3.8, 4) is 0 Å². The maximum absolute atomic E-state index is 13.9. The smallest absolute Gasteiger partial charge is 0.233 e. The number of rotatable bonds is 2. The monoisotopic (exact) mass is 344 g/mol. The van der Waals surface area contributed by atoms with Gasteiger partial charge in [0, 0.05) is 13.1 Å². The summed E-state index contributed by atoms with van der Waals surface area (Å²) < 4.78 is 13.9. The van der Waals surface area contributed by atoms with E-state index in [2.05, 4.69) is 10.2 Å². The van der Waals surface area contributed by atoms with Crippen LogP contribution in [0.4, 0.5) is 4.39 Å². The lowest BCUT2D eigenvalue weighted by atomic mass is 9.68. The molecule has 1 aromatic rings. The maximum Gasteiger partial charge on any atom is 0.233 e. The quantitative estimate of drug-likeness (QED) is 0.891. The number of fused-ring (bicyclic) bond motifs is 1. The van der Waals surface area contributed by atoms with Crippen molar-refractivity contribution in [1.29, 1.82) is 0 Å². The molecule has 1 N–H and O–H groups in total. The molecule has 0 radical (unpaired) electrons. The molecule has 1 aliphatic carbocycles. The molecule has 1 aromatic carbocycles. The van der Waals surface area contributed by atoms with Crippen LogP contribution >= 0.6 is 0 Å². The molecule has 3 aliphatic rings. The molecule has 2 saturated heterocycles. The SMILES string of the molecule is O=C(N1CC[C@@H]2CNC[C@@H]2CC1)C1(c2cccc(F)c2)CCCCC1. The summed E-state index contributed by atoms with van der Waals surface area (Å²) in [5, 5.41) is 3.49. The molecule has 1 saturated carbocycles. The van der Waals surface area contributed by atoms with E-state index in [1.807, 2.05) is 6.07 Å². The molecule has 0 spiro atoms. The molecular weight excluding hydrogens is 315 g/mol. The van der Waals surface area contributed by atoms with Crippen LogP contribution in [0.15, 0.2) is 24.3 Å². The minimum atomic E-state index is -0.502. The van der Waals surface area contributed by atoms with Crippen molar-refractivity contribution in [3.05, 3.63) is 35.6 Å². The Morgan fingerprint density at radius 2 is 1.76 bits per heavy atom. The Labute approximate surface area is 150 Å². The predicted molar refractivity (Wildman–Crippen MR) is 96.8 cm³/mol. The zero-order valence-electron chi connectivity index (χ0n) is 15.0. The number of hydrogen-bond donors (Lipinski definition) is 1. The van der Waals surface area contributed by atoms with Gasteiger partial charge in [-0.15, -0.1) is 0 Å². The van der Waals surface area contributed by atoms with Gasteiger partial charge >= 0.3 is 0 Å². The summed E-state index contributed by atoms with van der Waals surface area (Å²) in [6.07, 6.45) is 7.22. The third-order valence-electron chi connectivity index (χ3n) is 6.80. The zero-order chi connectivity index (χ0) is 17.3. The lowest BCUT2D eigenvalue weighted by molar-refractivity contribution is -0.139. The van der Waals surface area contributed by atoms with Gasteiger partial charge < -0.3 is 10.2 Å². The third-order valence-corrected chi connectivity index (χ3v) is 6.80. The number of carbonyl (C=O) groups is 1. The molecule has 136 valence electrons. The molecule has 0 aromatic heterocycles. The number of amides is 1. The summed E-state index contributed by atoms with van der Waals surface area (Å²) in [5.41, 5.74) is 0.390. The van der Waals surface area contributed by atoms with Crippen LogP contribution in [-0.4, -0.2) is 37.0 Å². The maximum atomic E-state index is 13.9. The molecule has 0 bridgehead atoms. The minimum absolute atomic E-state index is 0.230. The Balaban J connectivity index is 1.60. The van der Waals surface area contributed by atoms with Gasteiger partial charge in [0.05, 0.1) is 5.41 Å². The van der Waals surface area contributed by atoms with E-state index in [4.69, 9.17) is 0 Å². The summed E-state index contributed by atoms with van der Waals surface area (Å²) in [4.78, 5) is 15.8. The molecular formula is C21H29FN2O. The zero-order valence-corrected chi connectivity index (χ0v) is 15.0. The molecule has 3 fully saturated rings. The summed E-state index contributed by atoms with van der Waals surface area (Å²) >= 11 is 0. The molecule has 2 atom stereocenters. The number of halogens is 1. The Morgan fingerprint density at radius 3 is 2.40 bits per heavy atom. The summed E-state index contributed by atoms with van der Waals surface area (Å²) in [5.74, 6) is 1.46. The van der Waals surface area contributed by atoms with Crippen LogP contribution in [0.2, 0.25) is 0 Å². The van der Waals surface area contributed by atoms with E-state index in [1.54, 1.807) is 12.1 Å². The van der Waals surface area contributed by atoms with Gasteiger partial charge in [-0.3, -0.25) is 4.79 Å². The van der Waals surface area contributed by atoms with Gasteiger partial charge in [-0.1, -0.05) is 31.4 Å². The highest BCUT2D eigenvalue weighted by Gasteiger charge is 2.44.